The molecule has 8 N–H and O–H groups in total. The number of nitrogens with two attached hydrogens (primary N) is 1. The van der Waals surface area contributed by atoms with Gasteiger partial charge in [-0.25, -0.2) is 28.5 Å². The van der Waals surface area contributed by atoms with Crippen molar-refractivity contribution >= 4 is 46.5 Å². The first-order valence-corrected chi connectivity index (χ1v) is 15.5. The third-order valence-electron chi connectivity index (χ3n) is 5.22. The van der Waals surface area contributed by atoms with Gasteiger partial charge < -0.3 is 39.8 Å². The molecule has 42 heavy (non-hydrogen) atoms. The molecule has 0 radical (unpaired) electrons. The Bertz CT molecular complexity index is 1740. The Hall–Kier alpha value is -3.49. The second-order valence-electron chi connectivity index (χ2n) is 8.08. The molecular weight excluding hydrogens is 637 g/mol. The molecule has 0 aromatic carbocycles. The predicted octanol–water partition coefficient (Wildman–Crippen LogP) is 0.0916. The van der Waals surface area contributed by atoms with Crippen molar-refractivity contribution < 1.29 is 60.7 Å². The van der Waals surface area contributed by atoms with Gasteiger partial charge in [0.1, 0.15) is 24.1 Å². The number of nitrogen functional groups attached to an aromatic ring is 1. The number of carbonyl (C=O) groups is 1. The Kier molecular flexibility index (Phi) is 9.00. The molecule has 24 nitrogen and oxygen atoms in total. The lowest BCUT2D eigenvalue weighted by atomic mass is 10.2. The lowest BCUT2D eigenvalue weighted by Crippen LogP contribution is -2.31. The molecular formula is C15H19N10O14P3. The van der Waals surface area contributed by atoms with E-state index in [9.17, 15) is 33.1 Å². The number of phosphoric ester groups is 1. The smallest absolute Gasteiger partial charge is 0.455 e. The molecule has 3 aromatic heterocycles. The fourth-order valence-corrected chi connectivity index (χ4v) is 6.71. The lowest BCUT2D eigenvalue weighted by Gasteiger charge is -2.21. The predicted molar refractivity (Wildman–Crippen MR) is 132 cm³/mol. The summed E-state index contributed by atoms with van der Waals surface area (Å²) >= 11 is 0. The van der Waals surface area contributed by atoms with Crippen LogP contribution in [0.5, 0.6) is 0 Å². The first-order chi connectivity index (χ1) is 19.6. The zero-order valence-corrected chi connectivity index (χ0v) is 23.1. The maximum absolute atomic E-state index is 12.9. The summed E-state index contributed by atoms with van der Waals surface area (Å²) in [5.41, 5.74) is 13.1. The first-order valence-electron chi connectivity index (χ1n) is 11.0. The number of azide groups is 1. The van der Waals surface area contributed by atoms with Gasteiger partial charge in [-0.3, -0.25) is 18.9 Å². The quantitative estimate of drug-likeness (QED) is 0.0446. The number of carbonyl (C=O) groups excluding carboxylic acids is 1. The van der Waals surface area contributed by atoms with Gasteiger partial charge in [-0.2, -0.15) is 13.6 Å². The third-order valence-corrected chi connectivity index (χ3v) is 9.03. The SMILES string of the molecule is [N-]=[N+]=NCc1nc[nH]c1C(=O)OC1C[C@H](n2cnc3c(=O)[nH]c(N)nc32)O[C@@H]1COP(=O)(O)OP(=O)(O)OP(=O)(O)O. The Balaban J connectivity index is 1.57. The van der Waals surface area contributed by atoms with E-state index >= 15 is 0 Å². The molecule has 228 valence electrons. The molecule has 0 aliphatic carbocycles. The van der Waals surface area contributed by atoms with Gasteiger partial charge in [-0.15, -0.1) is 0 Å². The van der Waals surface area contributed by atoms with Crippen LogP contribution in [0.1, 0.15) is 28.8 Å². The van der Waals surface area contributed by atoms with E-state index in [4.69, 9.17) is 30.5 Å². The van der Waals surface area contributed by atoms with Gasteiger partial charge in [0, 0.05) is 11.3 Å². The highest BCUT2D eigenvalue weighted by Crippen LogP contribution is 2.66. The minimum Gasteiger partial charge on any atom is -0.455 e. The van der Waals surface area contributed by atoms with Crippen molar-refractivity contribution in [1.29, 1.82) is 0 Å². The summed E-state index contributed by atoms with van der Waals surface area (Å²) < 4.78 is 59.2. The number of nitrogens with zero attached hydrogens (tertiary/aromatic N) is 7. The van der Waals surface area contributed by atoms with Crippen molar-refractivity contribution in [3.8, 4) is 0 Å². The Morgan fingerprint density at radius 2 is 1.98 bits per heavy atom. The van der Waals surface area contributed by atoms with E-state index in [2.05, 4.69) is 48.1 Å². The minimum atomic E-state index is -5.81. The maximum Gasteiger partial charge on any atom is 0.490 e. The number of hydrogen-bond acceptors (Lipinski definition) is 15. The standard InChI is InChI=1S/C15H19N10O14P3/c16-15-22-12-11(13(26)23-15)20-5-25(12)9-1-7(37-14(27)10-6(2-21-24-17)18-4-19-10)8(36-9)3-35-41(31,32)39-42(33,34)38-40(28,29)30/h4-5,7-9H,1-3H2,(H,18,19)(H,31,32)(H,33,34)(H2,28,29,30)(H3,16,22,23,26)/t7?,8-,9-/m1/s1. The van der Waals surface area contributed by atoms with Crippen LogP contribution in [0.3, 0.4) is 0 Å². The van der Waals surface area contributed by atoms with Crippen LogP contribution in [-0.4, -0.2) is 73.8 Å². The Morgan fingerprint density at radius 3 is 2.67 bits per heavy atom. The number of ether oxygens (including phenoxy) is 2. The van der Waals surface area contributed by atoms with Crippen LogP contribution >= 0.6 is 23.5 Å². The molecule has 0 bridgehead atoms. The fraction of sp³-hybridized carbons (Fsp3) is 0.400. The molecule has 0 spiro atoms. The van der Waals surface area contributed by atoms with Crippen LogP contribution < -0.4 is 11.3 Å². The summed E-state index contributed by atoms with van der Waals surface area (Å²) in [4.78, 5) is 80.8. The number of nitrogens with one attached hydrogen (secondary N) is 2. The number of rotatable bonds is 12. The highest BCUT2D eigenvalue weighted by atomic mass is 31.3. The van der Waals surface area contributed by atoms with Crippen LogP contribution in [0.15, 0.2) is 22.6 Å². The van der Waals surface area contributed by atoms with E-state index in [1.54, 1.807) is 0 Å². The molecule has 0 amide bonds. The van der Waals surface area contributed by atoms with Gasteiger partial charge in [0.05, 0.1) is 31.5 Å². The summed E-state index contributed by atoms with van der Waals surface area (Å²) in [6.07, 6.45) is -1.76. The van der Waals surface area contributed by atoms with E-state index in [1.807, 2.05) is 0 Å². The number of imidazole rings is 2. The van der Waals surface area contributed by atoms with E-state index < -0.39 is 60.0 Å². The number of fused-ring (bicyclic) bond motifs is 1. The highest BCUT2D eigenvalue weighted by Gasteiger charge is 2.44. The molecule has 3 aromatic rings. The summed E-state index contributed by atoms with van der Waals surface area (Å²) in [5.74, 6) is -1.28. The molecule has 5 atom stereocenters. The number of hydrogen-bond donors (Lipinski definition) is 7. The van der Waals surface area contributed by atoms with Crippen LogP contribution in [0.4, 0.5) is 5.95 Å². The molecule has 1 aliphatic heterocycles. The van der Waals surface area contributed by atoms with Crippen molar-refractivity contribution in [2.24, 2.45) is 5.11 Å². The summed E-state index contributed by atoms with van der Waals surface area (Å²) in [7, 11) is -17.0. The van der Waals surface area contributed by atoms with E-state index in [0.717, 1.165) is 12.7 Å². The van der Waals surface area contributed by atoms with Crippen LogP contribution in [0.2, 0.25) is 0 Å². The molecule has 3 unspecified atom stereocenters. The molecule has 27 heteroatoms. The van der Waals surface area contributed by atoms with E-state index in [0.29, 0.717) is 0 Å². The number of phosphoric acid groups is 3. The summed E-state index contributed by atoms with van der Waals surface area (Å²) in [5, 5.41) is 3.32. The topological polar surface area (TPSA) is 362 Å². The maximum atomic E-state index is 12.9. The van der Waals surface area contributed by atoms with Gasteiger partial charge in [0.25, 0.3) is 5.56 Å². The molecule has 4 heterocycles. The zero-order valence-electron chi connectivity index (χ0n) is 20.4. The van der Waals surface area contributed by atoms with Gasteiger partial charge in [-0.1, -0.05) is 5.11 Å². The Labute approximate surface area is 230 Å². The van der Waals surface area contributed by atoms with Gasteiger partial charge in [0.15, 0.2) is 11.2 Å². The van der Waals surface area contributed by atoms with Crippen molar-refractivity contribution in [2.45, 2.75) is 31.4 Å². The van der Waals surface area contributed by atoms with Gasteiger partial charge >= 0.3 is 29.4 Å². The zero-order chi connectivity index (χ0) is 30.9. The normalized spacial score (nSPS) is 21.9. The first kappa shape index (κ1) is 31.4. The number of aromatic amines is 2. The van der Waals surface area contributed by atoms with Gasteiger partial charge in [0.2, 0.25) is 5.95 Å². The van der Waals surface area contributed by atoms with Crippen molar-refractivity contribution in [3.63, 3.8) is 0 Å². The number of H-pyrrole nitrogens is 2. The average Bonchev–Trinajstić information content (AvgIpc) is 3.57. The minimum absolute atomic E-state index is 0.0255. The number of anilines is 1. The van der Waals surface area contributed by atoms with E-state index in [1.165, 1.54) is 4.57 Å². The Morgan fingerprint density at radius 1 is 1.24 bits per heavy atom. The molecule has 4 rings (SSSR count). The lowest BCUT2D eigenvalue weighted by molar-refractivity contribution is -0.0491. The van der Waals surface area contributed by atoms with Gasteiger partial charge in [-0.05, 0) is 5.53 Å². The second kappa shape index (κ2) is 12.0. The molecule has 1 saturated heterocycles. The summed E-state index contributed by atoms with van der Waals surface area (Å²) in [6, 6.07) is 0. The largest absolute Gasteiger partial charge is 0.490 e. The molecule has 1 aliphatic rings. The van der Waals surface area contributed by atoms with Crippen LogP contribution in [-0.2, 0) is 42.9 Å². The van der Waals surface area contributed by atoms with Crippen molar-refractivity contribution in [1.82, 2.24) is 29.5 Å². The summed E-state index contributed by atoms with van der Waals surface area (Å²) in [6.45, 7) is -1.29. The second-order valence-corrected chi connectivity index (χ2v) is 12.5. The molecule has 0 saturated carbocycles. The monoisotopic (exact) mass is 656 g/mol. The molecule has 1 fully saturated rings. The fourth-order valence-electron chi connectivity index (χ4n) is 3.68. The highest BCUT2D eigenvalue weighted by molar-refractivity contribution is 7.66. The third kappa shape index (κ3) is 7.66. The average molecular weight is 656 g/mol. The van der Waals surface area contributed by atoms with Crippen molar-refractivity contribution in [3.05, 3.63) is 44.8 Å². The number of esters is 1. The number of aromatic nitrogens is 6. The van der Waals surface area contributed by atoms with Crippen LogP contribution in [0, 0.1) is 0 Å². The van der Waals surface area contributed by atoms with Crippen molar-refractivity contribution in [2.75, 3.05) is 12.3 Å². The van der Waals surface area contributed by atoms with Crippen LogP contribution in [0.25, 0.3) is 21.6 Å². The van der Waals surface area contributed by atoms with E-state index in [-0.39, 0.29) is 41.5 Å².